The smallest absolute Gasteiger partial charge is 0.296 e. The molecule has 3 heterocycles. The van der Waals surface area contributed by atoms with Gasteiger partial charge in [0, 0.05) is 11.2 Å². The maximum Gasteiger partial charge on any atom is 0.296 e. The highest BCUT2D eigenvalue weighted by Gasteiger charge is 2.44. The molecule has 0 fully saturated rings. The summed E-state index contributed by atoms with van der Waals surface area (Å²) in [4.78, 5) is 33.1. The highest BCUT2D eigenvalue weighted by molar-refractivity contribution is 6.31. The first-order chi connectivity index (χ1) is 17.5. The van der Waals surface area contributed by atoms with E-state index in [-0.39, 0.29) is 16.8 Å². The van der Waals surface area contributed by atoms with Gasteiger partial charge in [0.05, 0.1) is 28.6 Å². The van der Waals surface area contributed by atoms with E-state index >= 15 is 0 Å². The molecule has 1 unspecified atom stereocenters. The predicted molar refractivity (Wildman–Crippen MR) is 141 cm³/mol. The molecule has 0 N–H and O–H groups in total. The molecule has 8 heteroatoms. The number of ether oxygens (including phenoxy) is 1. The van der Waals surface area contributed by atoms with Crippen molar-refractivity contribution < 1.29 is 13.9 Å². The van der Waals surface area contributed by atoms with Crippen LogP contribution in [0.4, 0.5) is 5.82 Å². The summed E-state index contributed by atoms with van der Waals surface area (Å²) in [6, 6.07) is 14.8. The van der Waals surface area contributed by atoms with Gasteiger partial charge in [-0.05, 0) is 54.4 Å². The molecule has 2 aromatic carbocycles. The molecule has 6 nitrogen and oxygen atoms in total. The van der Waals surface area contributed by atoms with Crippen molar-refractivity contribution in [2.24, 2.45) is 0 Å². The average molecular weight is 523 g/mol. The summed E-state index contributed by atoms with van der Waals surface area (Å²) in [5.41, 5.74) is 0.971. The second-order valence-corrected chi connectivity index (χ2v) is 9.58. The van der Waals surface area contributed by atoms with Gasteiger partial charge < -0.3 is 9.15 Å². The molecule has 0 spiro atoms. The number of unbranched alkanes of at least 4 members (excludes halogenated alkanes) is 3. The minimum atomic E-state index is -0.737. The van der Waals surface area contributed by atoms with Crippen molar-refractivity contribution in [2.45, 2.75) is 38.6 Å². The minimum absolute atomic E-state index is 0.00665. The number of pyridine rings is 1. The summed E-state index contributed by atoms with van der Waals surface area (Å²) < 4.78 is 11.8. The van der Waals surface area contributed by atoms with Gasteiger partial charge in [-0.25, -0.2) is 4.98 Å². The van der Waals surface area contributed by atoms with Crippen molar-refractivity contribution in [1.82, 2.24) is 4.98 Å². The van der Waals surface area contributed by atoms with E-state index < -0.39 is 11.9 Å². The lowest BCUT2D eigenvalue weighted by Crippen LogP contribution is -2.30. The normalized spacial score (nSPS) is 14.9. The van der Waals surface area contributed by atoms with E-state index in [4.69, 9.17) is 32.4 Å². The zero-order chi connectivity index (χ0) is 25.2. The molecular formula is C28H24Cl2N2O4. The molecule has 5 rings (SSSR count). The van der Waals surface area contributed by atoms with Crippen LogP contribution in [0.2, 0.25) is 10.0 Å². The largest absolute Gasteiger partial charge is 0.494 e. The van der Waals surface area contributed by atoms with Gasteiger partial charge in [0.25, 0.3) is 5.91 Å². The zero-order valence-electron chi connectivity index (χ0n) is 19.7. The number of carbonyl (C=O) groups excluding carboxylic acids is 1. The molecule has 36 heavy (non-hydrogen) atoms. The van der Waals surface area contributed by atoms with Crippen LogP contribution >= 0.6 is 23.2 Å². The number of aromatic nitrogens is 1. The lowest BCUT2D eigenvalue weighted by molar-refractivity contribution is 0.0970. The van der Waals surface area contributed by atoms with Crippen LogP contribution in [0, 0.1) is 0 Å². The molecule has 1 aliphatic heterocycles. The average Bonchev–Trinajstić information content (AvgIpc) is 3.18. The van der Waals surface area contributed by atoms with Gasteiger partial charge in [-0.3, -0.25) is 14.5 Å². The molecule has 0 radical (unpaired) electrons. The third-order valence-corrected chi connectivity index (χ3v) is 6.71. The molecule has 1 amide bonds. The summed E-state index contributed by atoms with van der Waals surface area (Å²) in [6.45, 7) is 2.81. The molecule has 2 aromatic heterocycles. The van der Waals surface area contributed by atoms with Crippen molar-refractivity contribution in [3.63, 3.8) is 0 Å². The fraction of sp³-hybridized carbons (Fsp3) is 0.250. The third kappa shape index (κ3) is 4.59. The van der Waals surface area contributed by atoms with Crippen molar-refractivity contribution in [3.05, 3.63) is 97.9 Å². The Hall–Kier alpha value is -3.35. The van der Waals surface area contributed by atoms with Crippen LogP contribution in [0.3, 0.4) is 0 Å². The Bertz CT molecular complexity index is 1470. The van der Waals surface area contributed by atoms with Crippen LogP contribution in [-0.4, -0.2) is 17.5 Å². The fourth-order valence-electron chi connectivity index (χ4n) is 4.47. The molecule has 1 atom stereocenters. The number of nitrogens with zero attached hydrogens (tertiary/aromatic N) is 2. The number of hydrogen-bond donors (Lipinski definition) is 0. The maximum absolute atomic E-state index is 13.7. The third-order valence-electron chi connectivity index (χ3n) is 6.25. The van der Waals surface area contributed by atoms with Crippen molar-refractivity contribution in [3.8, 4) is 5.75 Å². The van der Waals surface area contributed by atoms with Crippen LogP contribution in [-0.2, 0) is 0 Å². The number of anilines is 1. The molecule has 0 bridgehead atoms. The standard InChI is InChI=1S/C28H24Cl2N2O4/c1-2-3-4-5-14-35-20-10-6-17(7-11-20)25-24-26(33)21-15-18(29)8-12-22(21)36-27(24)28(34)32(25)23-13-9-19(30)16-31-23/h6-13,15-16,25H,2-5,14H2,1H3. The topological polar surface area (TPSA) is 72.6 Å². The van der Waals surface area contributed by atoms with E-state index in [1.54, 1.807) is 30.3 Å². The van der Waals surface area contributed by atoms with Gasteiger partial charge in [0.15, 0.2) is 5.43 Å². The van der Waals surface area contributed by atoms with Crippen molar-refractivity contribution >= 4 is 45.9 Å². The molecule has 0 saturated heterocycles. The Morgan fingerprint density at radius 2 is 1.75 bits per heavy atom. The van der Waals surface area contributed by atoms with E-state index in [0.717, 1.165) is 24.2 Å². The monoisotopic (exact) mass is 522 g/mol. The Morgan fingerprint density at radius 3 is 2.47 bits per heavy atom. The van der Waals surface area contributed by atoms with E-state index in [9.17, 15) is 9.59 Å². The van der Waals surface area contributed by atoms with E-state index in [2.05, 4.69) is 11.9 Å². The summed E-state index contributed by atoms with van der Waals surface area (Å²) >= 11 is 12.2. The van der Waals surface area contributed by atoms with Crippen LogP contribution in [0.25, 0.3) is 11.0 Å². The molecule has 1 aliphatic rings. The summed E-state index contributed by atoms with van der Waals surface area (Å²) in [7, 11) is 0. The lowest BCUT2D eigenvalue weighted by Gasteiger charge is -2.24. The van der Waals surface area contributed by atoms with Gasteiger partial charge >= 0.3 is 0 Å². The number of amides is 1. The quantitative estimate of drug-likeness (QED) is 0.228. The van der Waals surface area contributed by atoms with Crippen LogP contribution in [0.1, 0.15) is 60.3 Å². The molecule has 0 aliphatic carbocycles. The second kappa shape index (κ2) is 10.3. The molecule has 184 valence electrons. The number of halogens is 2. The SMILES string of the molecule is CCCCCCOc1ccc(C2c3c(oc4ccc(Cl)cc4c3=O)C(=O)N2c2ccc(Cl)cn2)cc1. The molecule has 4 aromatic rings. The summed E-state index contributed by atoms with van der Waals surface area (Å²) in [5, 5.41) is 1.17. The number of fused-ring (bicyclic) bond motifs is 2. The Balaban J connectivity index is 1.57. The highest BCUT2D eigenvalue weighted by atomic mass is 35.5. The summed E-state index contributed by atoms with van der Waals surface area (Å²) in [6.07, 6.45) is 5.95. The van der Waals surface area contributed by atoms with Gasteiger partial charge in [0.2, 0.25) is 5.76 Å². The van der Waals surface area contributed by atoms with Gasteiger partial charge in [-0.1, -0.05) is 61.5 Å². The van der Waals surface area contributed by atoms with E-state index in [0.29, 0.717) is 33.4 Å². The molecule has 0 saturated carbocycles. The Labute approximate surface area is 218 Å². The Morgan fingerprint density at radius 1 is 0.972 bits per heavy atom. The first-order valence-corrected chi connectivity index (χ1v) is 12.7. The van der Waals surface area contributed by atoms with Gasteiger partial charge in [-0.2, -0.15) is 0 Å². The summed E-state index contributed by atoms with van der Waals surface area (Å²) in [5.74, 6) is 0.634. The minimum Gasteiger partial charge on any atom is -0.494 e. The van der Waals surface area contributed by atoms with Crippen LogP contribution in [0.5, 0.6) is 5.75 Å². The van der Waals surface area contributed by atoms with Crippen LogP contribution in [0.15, 0.2) is 70.0 Å². The maximum atomic E-state index is 13.7. The first kappa shape index (κ1) is 24.3. The van der Waals surface area contributed by atoms with Gasteiger partial charge in [-0.15, -0.1) is 0 Å². The van der Waals surface area contributed by atoms with Crippen molar-refractivity contribution in [2.75, 3.05) is 11.5 Å². The number of carbonyl (C=O) groups is 1. The first-order valence-electron chi connectivity index (χ1n) is 11.9. The van der Waals surface area contributed by atoms with Crippen molar-refractivity contribution in [1.29, 1.82) is 0 Å². The second-order valence-electron chi connectivity index (χ2n) is 8.70. The Kier molecular flexibility index (Phi) is 6.99. The zero-order valence-corrected chi connectivity index (χ0v) is 21.2. The molecular weight excluding hydrogens is 499 g/mol. The highest BCUT2D eigenvalue weighted by Crippen LogP contribution is 2.41. The number of hydrogen-bond acceptors (Lipinski definition) is 5. The number of rotatable bonds is 8. The lowest BCUT2D eigenvalue weighted by atomic mass is 9.98. The van der Waals surface area contributed by atoms with E-state index in [1.807, 2.05) is 24.3 Å². The fourth-order valence-corrected chi connectivity index (χ4v) is 4.76. The van der Waals surface area contributed by atoms with Crippen LogP contribution < -0.4 is 15.1 Å². The van der Waals surface area contributed by atoms with Gasteiger partial charge in [0.1, 0.15) is 17.2 Å². The number of benzene rings is 2. The predicted octanol–water partition coefficient (Wildman–Crippen LogP) is 7.20. The van der Waals surface area contributed by atoms with E-state index in [1.165, 1.54) is 23.9 Å².